The summed E-state index contributed by atoms with van der Waals surface area (Å²) in [5.74, 6) is 0.0959. The molecule has 6 heteroatoms. The van der Waals surface area contributed by atoms with Crippen LogP contribution in [0.3, 0.4) is 0 Å². The lowest BCUT2D eigenvalue weighted by Gasteiger charge is -2.32. The number of hydrogen-bond donors (Lipinski definition) is 2. The van der Waals surface area contributed by atoms with Crippen LogP contribution in [-0.4, -0.2) is 18.3 Å². The summed E-state index contributed by atoms with van der Waals surface area (Å²) in [6.07, 6.45) is -5.66. The van der Waals surface area contributed by atoms with Gasteiger partial charge in [-0.05, 0) is 23.1 Å². The van der Waals surface area contributed by atoms with Gasteiger partial charge in [-0.15, -0.1) is 0 Å². The number of hydrogen-bond acceptors (Lipinski definition) is 3. The Bertz CT molecular complexity index is 466. The molecule has 0 amide bonds. The molecule has 0 aliphatic carbocycles. The topological polar surface area (TPSA) is 55.5 Å². The molecule has 0 aromatic heterocycles. The van der Waals surface area contributed by atoms with Gasteiger partial charge in [0.15, 0.2) is 0 Å². The molecule has 1 aromatic carbocycles. The van der Waals surface area contributed by atoms with E-state index in [-0.39, 0.29) is 11.3 Å². The Morgan fingerprint density at radius 2 is 1.75 bits per heavy atom. The summed E-state index contributed by atoms with van der Waals surface area (Å²) in [5, 5.41) is 10.1. The highest BCUT2D eigenvalue weighted by Gasteiger charge is 2.38. The van der Waals surface area contributed by atoms with Gasteiger partial charge in [-0.25, -0.2) is 0 Å². The fourth-order valence-corrected chi connectivity index (χ4v) is 1.91. The maximum atomic E-state index is 13.1. The summed E-state index contributed by atoms with van der Waals surface area (Å²) < 4.78 is 44.1. The predicted molar refractivity (Wildman–Crippen MR) is 70.4 cm³/mol. The minimum atomic E-state index is -4.56. The Morgan fingerprint density at radius 1 is 1.20 bits per heavy atom. The van der Waals surface area contributed by atoms with Crippen LogP contribution >= 0.6 is 0 Å². The first-order chi connectivity index (χ1) is 8.98. The number of alkyl halides is 3. The van der Waals surface area contributed by atoms with Gasteiger partial charge in [0.25, 0.3) is 0 Å². The van der Waals surface area contributed by atoms with Crippen LogP contribution in [0.4, 0.5) is 13.2 Å². The SMILES string of the molecule is COc1ccc([C@H](N)[C@H](O)C(C)(C)C)c(C(F)(F)F)c1. The van der Waals surface area contributed by atoms with E-state index in [9.17, 15) is 18.3 Å². The Kier molecular flexibility index (Phi) is 4.71. The van der Waals surface area contributed by atoms with E-state index in [1.54, 1.807) is 20.8 Å². The molecule has 3 N–H and O–H groups in total. The second-order valence-electron chi connectivity index (χ2n) is 5.79. The Morgan fingerprint density at radius 3 is 2.15 bits per heavy atom. The quantitative estimate of drug-likeness (QED) is 0.899. The van der Waals surface area contributed by atoms with E-state index in [4.69, 9.17) is 10.5 Å². The molecule has 0 unspecified atom stereocenters. The van der Waals surface area contributed by atoms with Gasteiger partial charge in [-0.1, -0.05) is 26.8 Å². The van der Waals surface area contributed by atoms with Crippen molar-refractivity contribution in [3.05, 3.63) is 29.3 Å². The second kappa shape index (κ2) is 5.61. The molecule has 0 spiro atoms. The van der Waals surface area contributed by atoms with E-state index in [0.29, 0.717) is 0 Å². The number of methoxy groups -OCH3 is 1. The van der Waals surface area contributed by atoms with Crippen molar-refractivity contribution in [2.24, 2.45) is 11.1 Å². The van der Waals surface area contributed by atoms with Crippen molar-refractivity contribution in [2.45, 2.75) is 39.1 Å². The van der Waals surface area contributed by atoms with Gasteiger partial charge >= 0.3 is 6.18 Å². The Hall–Kier alpha value is -1.27. The summed E-state index contributed by atoms with van der Waals surface area (Å²) >= 11 is 0. The maximum Gasteiger partial charge on any atom is 0.416 e. The van der Waals surface area contributed by atoms with Crippen molar-refractivity contribution in [1.29, 1.82) is 0 Å². The zero-order chi connectivity index (χ0) is 15.7. The molecule has 1 rings (SSSR count). The summed E-state index contributed by atoms with van der Waals surface area (Å²) in [7, 11) is 1.29. The van der Waals surface area contributed by atoms with E-state index in [0.717, 1.165) is 6.07 Å². The molecule has 0 fully saturated rings. The monoisotopic (exact) mass is 291 g/mol. The highest BCUT2D eigenvalue weighted by atomic mass is 19.4. The van der Waals surface area contributed by atoms with Crippen molar-refractivity contribution in [3.63, 3.8) is 0 Å². The van der Waals surface area contributed by atoms with Crippen LogP contribution in [0.1, 0.15) is 37.9 Å². The number of aliphatic hydroxyl groups excluding tert-OH is 1. The normalized spacial score (nSPS) is 15.8. The number of rotatable bonds is 3. The molecular formula is C14H20F3NO2. The third-order valence-corrected chi connectivity index (χ3v) is 3.15. The van der Waals surface area contributed by atoms with E-state index >= 15 is 0 Å². The van der Waals surface area contributed by atoms with Crippen molar-refractivity contribution < 1.29 is 23.0 Å². The lowest BCUT2D eigenvalue weighted by molar-refractivity contribution is -0.138. The van der Waals surface area contributed by atoms with Crippen LogP contribution in [0.15, 0.2) is 18.2 Å². The second-order valence-corrected chi connectivity index (χ2v) is 5.79. The maximum absolute atomic E-state index is 13.1. The first kappa shape index (κ1) is 16.8. The number of halogens is 3. The van der Waals surface area contributed by atoms with Crippen LogP contribution in [0.2, 0.25) is 0 Å². The minimum absolute atomic E-state index is 0.0959. The van der Waals surface area contributed by atoms with Crippen LogP contribution < -0.4 is 10.5 Å². The number of ether oxygens (including phenoxy) is 1. The van der Waals surface area contributed by atoms with Gasteiger partial charge in [0.1, 0.15) is 5.75 Å². The van der Waals surface area contributed by atoms with Gasteiger partial charge in [0.2, 0.25) is 0 Å². The van der Waals surface area contributed by atoms with Crippen molar-refractivity contribution in [1.82, 2.24) is 0 Å². The third kappa shape index (κ3) is 3.64. The van der Waals surface area contributed by atoms with E-state index in [1.165, 1.54) is 19.2 Å². The summed E-state index contributed by atoms with van der Waals surface area (Å²) in [6.45, 7) is 5.15. The molecule has 0 aliphatic rings. The molecule has 0 saturated carbocycles. The molecule has 0 bridgehead atoms. The largest absolute Gasteiger partial charge is 0.497 e. The van der Waals surface area contributed by atoms with Crippen LogP contribution in [-0.2, 0) is 6.18 Å². The number of nitrogens with two attached hydrogens (primary N) is 1. The van der Waals surface area contributed by atoms with Crippen LogP contribution in [0.25, 0.3) is 0 Å². The standard InChI is InChI=1S/C14H20F3NO2/c1-13(2,3)12(19)11(18)9-6-5-8(20-4)7-10(9)14(15,16)17/h5-7,11-12,19H,18H2,1-4H3/t11-,12-/m0/s1. The van der Waals surface area contributed by atoms with Crippen LogP contribution in [0, 0.1) is 5.41 Å². The average molecular weight is 291 g/mol. The van der Waals surface area contributed by atoms with Crippen molar-refractivity contribution in [3.8, 4) is 5.75 Å². The predicted octanol–water partition coefficient (Wildman–Crippen LogP) is 3.12. The highest BCUT2D eigenvalue weighted by Crippen LogP contribution is 2.39. The Labute approximate surface area is 116 Å². The highest BCUT2D eigenvalue weighted by molar-refractivity contribution is 5.39. The molecule has 0 saturated heterocycles. The van der Waals surface area contributed by atoms with Gasteiger partial charge < -0.3 is 15.6 Å². The van der Waals surface area contributed by atoms with Gasteiger partial charge in [0.05, 0.1) is 24.8 Å². The van der Waals surface area contributed by atoms with Crippen molar-refractivity contribution in [2.75, 3.05) is 7.11 Å². The summed E-state index contributed by atoms with van der Waals surface area (Å²) in [6, 6.07) is 2.42. The van der Waals surface area contributed by atoms with E-state index in [1.807, 2.05) is 0 Å². The minimum Gasteiger partial charge on any atom is -0.497 e. The van der Waals surface area contributed by atoms with Gasteiger partial charge in [-0.3, -0.25) is 0 Å². The lowest BCUT2D eigenvalue weighted by atomic mass is 9.81. The molecule has 0 aliphatic heterocycles. The number of aliphatic hydroxyl groups is 1. The summed E-state index contributed by atoms with van der Waals surface area (Å²) in [4.78, 5) is 0. The Balaban J connectivity index is 3.31. The van der Waals surface area contributed by atoms with Gasteiger partial charge in [-0.2, -0.15) is 13.2 Å². The van der Waals surface area contributed by atoms with E-state index in [2.05, 4.69) is 0 Å². The molecule has 2 atom stereocenters. The molecule has 3 nitrogen and oxygen atoms in total. The zero-order valence-electron chi connectivity index (χ0n) is 12.0. The molecule has 114 valence electrons. The van der Waals surface area contributed by atoms with Crippen LogP contribution in [0.5, 0.6) is 5.75 Å². The fraction of sp³-hybridized carbons (Fsp3) is 0.571. The first-order valence-corrected chi connectivity index (χ1v) is 6.17. The zero-order valence-corrected chi connectivity index (χ0v) is 12.0. The fourth-order valence-electron chi connectivity index (χ4n) is 1.91. The van der Waals surface area contributed by atoms with Crippen molar-refractivity contribution >= 4 is 0 Å². The number of benzene rings is 1. The molecule has 20 heavy (non-hydrogen) atoms. The lowest BCUT2D eigenvalue weighted by Crippen LogP contribution is -2.38. The molecule has 0 heterocycles. The molecular weight excluding hydrogens is 271 g/mol. The van der Waals surface area contributed by atoms with E-state index < -0.39 is 29.3 Å². The smallest absolute Gasteiger partial charge is 0.416 e. The summed E-state index contributed by atoms with van der Waals surface area (Å²) in [5.41, 5.74) is 4.18. The molecule has 0 radical (unpaired) electrons. The molecule has 1 aromatic rings. The average Bonchev–Trinajstić information content (AvgIpc) is 2.34. The third-order valence-electron chi connectivity index (χ3n) is 3.15. The first-order valence-electron chi connectivity index (χ1n) is 6.17. The van der Waals surface area contributed by atoms with Gasteiger partial charge in [0, 0.05) is 0 Å².